The molecule has 20 heavy (non-hydrogen) atoms. The molecule has 0 saturated heterocycles. The molecular weight excluding hydrogens is 276 g/mol. The fraction of sp³-hybridized carbons (Fsp3) is 0.0667. The molecule has 0 aliphatic rings. The first-order valence-electron chi connectivity index (χ1n) is 5.93. The maximum Gasteiger partial charge on any atom is 0.277 e. The minimum Gasteiger partial charge on any atom is -0.497 e. The van der Waals surface area contributed by atoms with Crippen molar-refractivity contribution < 1.29 is 14.1 Å². The number of ether oxygens (including phenoxy) is 1. The van der Waals surface area contributed by atoms with Gasteiger partial charge in [0.1, 0.15) is 11.9 Å². The van der Waals surface area contributed by atoms with Gasteiger partial charge >= 0.3 is 0 Å². The maximum atomic E-state index is 12.0. The van der Waals surface area contributed by atoms with Gasteiger partial charge in [-0.25, -0.2) is 4.57 Å². The Kier molecular flexibility index (Phi) is 4.38. The summed E-state index contributed by atoms with van der Waals surface area (Å²) in [5.41, 5.74) is 6.35. The summed E-state index contributed by atoms with van der Waals surface area (Å²) in [5, 5.41) is 0.542. The van der Waals surface area contributed by atoms with Gasteiger partial charge < -0.3 is 4.74 Å². The van der Waals surface area contributed by atoms with Crippen molar-refractivity contribution in [2.24, 2.45) is 0 Å². The molecule has 0 saturated carbocycles. The molecule has 0 aliphatic carbocycles. The van der Waals surface area contributed by atoms with Crippen molar-refractivity contribution in [3.05, 3.63) is 59.3 Å². The summed E-state index contributed by atoms with van der Waals surface area (Å²) in [6.07, 6.45) is 4.65. The number of allylic oxidation sites excluding steroid dienone is 1. The van der Waals surface area contributed by atoms with E-state index in [1.165, 1.54) is 6.08 Å². The number of halogens is 1. The van der Waals surface area contributed by atoms with Crippen LogP contribution in [0.5, 0.6) is 5.75 Å². The van der Waals surface area contributed by atoms with Gasteiger partial charge in [-0.2, -0.15) is 0 Å². The molecule has 0 bridgehead atoms. The van der Waals surface area contributed by atoms with E-state index in [0.29, 0.717) is 22.2 Å². The molecule has 0 amide bonds. The second kappa shape index (κ2) is 6.21. The first-order chi connectivity index (χ1) is 9.60. The SMILES string of the molecule is COc1ccc(C(=O)/C=C/[n+]2cc(Cl)ccc2N)cc1. The number of nitrogen functional groups attached to an aromatic ring is 1. The lowest BCUT2D eigenvalue weighted by Crippen LogP contribution is -2.30. The van der Waals surface area contributed by atoms with Gasteiger partial charge in [-0.15, -0.1) is 0 Å². The molecule has 0 spiro atoms. The first kappa shape index (κ1) is 14.1. The highest BCUT2D eigenvalue weighted by atomic mass is 35.5. The average Bonchev–Trinajstić information content (AvgIpc) is 2.48. The Morgan fingerprint density at radius 1 is 1.25 bits per heavy atom. The maximum absolute atomic E-state index is 12.0. The van der Waals surface area contributed by atoms with Crippen molar-refractivity contribution in [2.75, 3.05) is 12.8 Å². The van der Waals surface area contributed by atoms with Crippen LogP contribution in [-0.4, -0.2) is 12.9 Å². The van der Waals surface area contributed by atoms with Crippen LogP contribution in [-0.2, 0) is 0 Å². The highest BCUT2D eigenvalue weighted by Crippen LogP contribution is 2.12. The van der Waals surface area contributed by atoms with Crippen LogP contribution in [0.25, 0.3) is 6.20 Å². The van der Waals surface area contributed by atoms with Crippen LogP contribution in [0.15, 0.2) is 48.7 Å². The van der Waals surface area contributed by atoms with Crippen LogP contribution in [0, 0.1) is 0 Å². The predicted octanol–water partition coefficient (Wildman–Crippen LogP) is 2.57. The van der Waals surface area contributed by atoms with Crippen LogP contribution >= 0.6 is 11.6 Å². The molecule has 5 heteroatoms. The number of carbonyl (C=O) groups is 1. The average molecular weight is 290 g/mol. The van der Waals surface area contributed by atoms with Gasteiger partial charge in [-0.3, -0.25) is 10.5 Å². The summed E-state index contributed by atoms with van der Waals surface area (Å²) in [7, 11) is 1.58. The van der Waals surface area contributed by atoms with Crippen LogP contribution in [0.2, 0.25) is 5.02 Å². The molecule has 4 nitrogen and oxygen atoms in total. The summed E-state index contributed by atoms with van der Waals surface area (Å²) in [6, 6.07) is 10.2. The van der Waals surface area contributed by atoms with Crippen molar-refractivity contribution >= 4 is 29.4 Å². The van der Waals surface area contributed by atoms with Gasteiger partial charge in [0, 0.05) is 17.7 Å². The lowest BCUT2D eigenvalue weighted by molar-refractivity contribution is -0.552. The summed E-state index contributed by atoms with van der Waals surface area (Å²) in [4.78, 5) is 12.0. The summed E-state index contributed by atoms with van der Waals surface area (Å²) < 4.78 is 6.63. The molecule has 102 valence electrons. The molecular formula is C15H14ClN2O2+. The number of rotatable bonds is 4. The van der Waals surface area contributed by atoms with Crippen molar-refractivity contribution in [1.82, 2.24) is 0 Å². The highest BCUT2D eigenvalue weighted by molar-refractivity contribution is 6.30. The Hall–Kier alpha value is -2.33. The van der Waals surface area contributed by atoms with Crippen LogP contribution in [0.4, 0.5) is 5.82 Å². The molecule has 2 N–H and O–H groups in total. The zero-order valence-electron chi connectivity index (χ0n) is 10.9. The van der Waals surface area contributed by atoms with Crippen LogP contribution in [0.1, 0.15) is 10.4 Å². The number of nitrogens with zero attached hydrogens (tertiary/aromatic N) is 1. The lowest BCUT2D eigenvalue weighted by Gasteiger charge is -2.00. The van der Waals surface area contributed by atoms with E-state index in [2.05, 4.69) is 0 Å². The number of anilines is 1. The lowest BCUT2D eigenvalue weighted by atomic mass is 10.1. The highest BCUT2D eigenvalue weighted by Gasteiger charge is 2.05. The number of nitrogens with two attached hydrogens (primary N) is 1. The van der Waals surface area contributed by atoms with Crippen molar-refractivity contribution in [3.63, 3.8) is 0 Å². The third kappa shape index (κ3) is 3.36. The molecule has 2 rings (SSSR count). The monoisotopic (exact) mass is 289 g/mol. The van der Waals surface area contributed by atoms with E-state index in [1.54, 1.807) is 60.5 Å². The van der Waals surface area contributed by atoms with E-state index in [-0.39, 0.29) is 5.78 Å². The Labute approximate surface area is 122 Å². The molecule has 0 aliphatic heterocycles. The quantitative estimate of drug-likeness (QED) is 0.535. The van der Waals surface area contributed by atoms with E-state index in [1.807, 2.05) is 0 Å². The number of hydrogen-bond donors (Lipinski definition) is 1. The third-order valence-electron chi connectivity index (χ3n) is 2.73. The van der Waals surface area contributed by atoms with Gasteiger partial charge in [-0.1, -0.05) is 11.6 Å². The topological polar surface area (TPSA) is 56.2 Å². The Morgan fingerprint density at radius 3 is 2.60 bits per heavy atom. The van der Waals surface area contributed by atoms with Gasteiger partial charge in [0.2, 0.25) is 0 Å². The summed E-state index contributed by atoms with van der Waals surface area (Å²) in [6.45, 7) is 0. The van der Waals surface area contributed by atoms with Crippen molar-refractivity contribution in [3.8, 4) is 5.75 Å². The van der Waals surface area contributed by atoms with Gasteiger partial charge in [0.25, 0.3) is 5.82 Å². The number of ketones is 1. The molecule has 0 radical (unpaired) electrons. The van der Waals surface area contributed by atoms with Crippen molar-refractivity contribution in [1.29, 1.82) is 0 Å². The molecule has 0 atom stereocenters. The normalized spacial score (nSPS) is 10.7. The minimum absolute atomic E-state index is 0.125. The van der Waals surface area contributed by atoms with Crippen LogP contribution < -0.4 is 15.0 Å². The molecule has 1 heterocycles. The van der Waals surface area contributed by atoms with E-state index in [9.17, 15) is 4.79 Å². The number of hydrogen-bond acceptors (Lipinski definition) is 3. The van der Waals surface area contributed by atoms with E-state index in [0.717, 1.165) is 0 Å². The van der Waals surface area contributed by atoms with Gasteiger partial charge in [-0.05, 0) is 30.3 Å². The molecule has 0 fully saturated rings. The van der Waals surface area contributed by atoms with Gasteiger partial charge in [0.05, 0.1) is 18.3 Å². The number of benzene rings is 1. The standard InChI is InChI=1S/C15H13ClN2O2/c1-20-13-5-2-11(3-6-13)14(19)8-9-18-10-12(16)4-7-15(18)17/h2-10,17H,1H3/p+1/b9-8+. The van der Waals surface area contributed by atoms with E-state index >= 15 is 0 Å². The number of methoxy groups -OCH3 is 1. The first-order valence-corrected chi connectivity index (χ1v) is 6.30. The number of pyridine rings is 1. The Bertz CT molecular complexity index is 651. The largest absolute Gasteiger partial charge is 0.497 e. The van der Waals surface area contributed by atoms with Gasteiger partial charge in [0.15, 0.2) is 5.78 Å². The second-order valence-electron chi connectivity index (χ2n) is 4.09. The fourth-order valence-corrected chi connectivity index (χ4v) is 1.80. The molecule has 1 aromatic heterocycles. The summed E-state index contributed by atoms with van der Waals surface area (Å²) >= 11 is 5.87. The van der Waals surface area contributed by atoms with E-state index < -0.39 is 0 Å². The Morgan fingerprint density at radius 2 is 1.95 bits per heavy atom. The fourth-order valence-electron chi connectivity index (χ4n) is 1.63. The Balaban J connectivity index is 2.17. The van der Waals surface area contributed by atoms with E-state index in [4.69, 9.17) is 22.1 Å². The number of aromatic nitrogens is 1. The third-order valence-corrected chi connectivity index (χ3v) is 2.96. The minimum atomic E-state index is -0.125. The zero-order valence-corrected chi connectivity index (χ0v) is 11.7. The molecule has 0 unspecified atom stereocenters. The second-order valence-corrected chi connectivity index (χ2v) is 4.52. The smallest absolute Gasteiger partial charge is 0.277 e. The van der Waals surface area contributed by atoms with Crippen LogP contribution in [0.3, 0.4) is 0 Å². The number of carbonyl (C=O) groups excluding carboxylic acids is 1. The predicted molar refractivity (Wildman–Crippen MR) is 78.7 cm³/mol. The zero-order chi connectivity index (χ0) is 14.5. The summed E-state index contributed by atoms with van der Waals surface area (Å²) in [5.74, 6) is 1.08. The molecule has 2 aromatic rings. The molecule has 1 aromatic carbocycles. The van der Waals surface area contributed by atoms with Crippen molar-refractivity contribution in [2.45, 2.75) is 0 Å².